The minimum absolute atomic E-state index is 0.180. The fourth-order valence-corrected chi connectivity index (χ4v) is 1.78. The molecule has 0 saturated carbocycles. The predicted octanol–water partition coefficient (Wildman–Crippen LogP) is 1.88. The molecule has 0 fully saturated rings. The van der Waals surface area contributed by atoms with Crippen molar-refractivity contribution in [2.24, 2.45) is 0 Å². The van der Waals surface area contributed by atoms with Gasteiger partial charge in [-0.15, -0.1) is 0 Å². The number of aromatic nitrogens is 2. The van der Waals surface area contributed by atoms with Crippen LogP contribution < -0.4 is 15.6 Å². The van der Waals surface area contributed by atoms with Crippen LogP contribution in [-0.4, -0.2) is 22.7 Å². The van der Waals surface area contributed by atoms with Crippen LogP contribution in [-0.2, 0) is 6.54 Å². The van der Waals surface area contributed by atoms with Crippen molar-refractivity contribution in [3.05, 3.63) is 58.0 Å². The molecule has 0 bridgehead atoms. The van der Waals surface area contributed by atoms with Crippen LogP contribution in [0.1, 0.15) is 35.8 Å². The van der Waals surface area contributed by atoms with Gasteiger partial charge in [-0.2, -0.15) is 5.10 Å². The lowest BCUT2D eigenvalue weighted by atomic mass is 10.2. The lowest BCUT2D eigenvalue weighted by Crippen LogP contribution is -2.25. The Bertz CT molecular complexity index is 645. The van der Waals surface area contributed by atoms with Crippen molar-refractivity contribution in [2.45, 2.75) is 26.3 Å². The molecular formula is C16H19N3O3. The van der Waals surface area contributed by atoms with Crippen molar-refractivity contribution in [1.82, 2.24) is 15.5 Å². The molecule has 1 amide bonds. The van der Waals surface area contributed by atoms with E-state index < -0.39 is 0 Å². The number of nitrogens with zero attached hydrogens (tertiary/aromatic N) is 1. The van der Waals surface area contributed by atoms with Crippen molar-refractivity contribution in [2.75, 3.05) is 6.61 Å². The van der Waals surface area contributed by atoms with Crippen molar-refractivity contribution >= 4 is 5.91 Å². The van der Waals surface area contributed by atoms with E-state index in [4.69, 9.17) is 4.74 Å². The van der Waals surface area contributed by atoms with Gasteiger partial charge in [0.15, 0.2) is 0 Å². The van der Waals surface area contributed by atoms with E-state index >= 15 is 0 Å². The molecule has 6 nitrogen and oxygen atoms in total. The number of H-pyrrole nitrogens is 1. The number of unbranched alkanes of at least 4 members (excludes halogenated alkanes) is 1. The largest absolute Gasteiger partial charge is 0.494 e. The lowest BCUT2D eigenvalue weighted by molar-refractivity contribution is 0.0945. The van der Waals surface area contributed by atoms with Crippen LogP contribution in [0.5, 0.6) is 5.75 Å². The van der Waals surface area contributed by atoms with Crippen LogP contribution in [0.15, 0.2) is 41.2 Å². The summed E-state index contributed by atoms with van der Waals surface area (Å²) in [5.74, 6) is 0.491. The minimum Gasteiger partial charge on any atom is -0.494 e. The molecule has 2 aromatic rings. The number of rotatable bonds is 7. The zero-order chi connectivity index (χ0) is 15.8. The summed E-state index contributed by atoms with van der Waals surface area (Å²) in [7, 11) is 0. The molecule has 1 heterocycles. The third kappa shape index (κ3) is 4.73. The second-order valence-electron chi connectivity index (χ2n) is 4.84. The molecule has 0 aliphatic rings. The highest BCUT2D eigenvalue weighted by atomic mass is 16.5. The van der Waals surface area contributed by atoms with E-state index in [0.717, 1.165) is 24.2 Å². The normalized spacial score (nSPS) is 10.2. The zero-order valence-electron chi connectivity index (χ0n) is 12.5. The minimum atomic E-state index is -0.338. The SMILES string of the molecule is CCCCOc1ccc(CNC(=O)c2ccc(=O)[nH]n2)cc1. The highest BCUT2D eigenvalue weighted by Crippen LogP contribution is 2.12. The van der Waals surface area contributed by atoms with Crippen LogP contribution in [0, 0.1) is 0 Å². The van der Waals surface area contributed by atoms with E-state index in [1.165, 1.54) is 12.1 Å². The van der Waals surface area contributed by atoms with Gasteiger partial charge in [-0.3, -0.25) is 9.59 Å². The summed E-state index contributed by atoms with van der Waals surface area (Å²) in [4.78, 5) is 22.7. The van der Waals surface area contributed by atoms with Crippen molar-refractivity contribution in [3.63, 3.8) is 0 Å². The molecule has 1 aromatic carbocycles. The van der Waals surface area contributed by atoms with Gasteiger partial charge in [0.05, 0.1) is 6.61 Å². The second-order valence-corrected chi connectivity index (χ2v) is 4.84. The van der Waals surface area contributed by atoms with Crippen LogP contribution >= 0.6 is 0 Å². The smallest absolute Gasteiger partial charge is 0.271 e. The van der Waals surface area contributed by atoms with Crippen LogP contribution in [0.4, 0.5) is 0 Å². The number of hydrogen-bond acceptors (Lipinski definition) is 4. The van der Waals surface area contributed by atoms with Crippen LogP contribution in [0.3, 0.4) is 0 Å². The van der Waals surface area contributed by atoms with Gasteiger partial charge in [0.1, 0.15) is 11.4 Å². The van der Waals surface area contributed by atoms with E-state index in [9.17, 15) is 9.59 Å². The third-order valence-corrected chi connectivity index (χ3v) is 3.05. The quantitative estimate of drug-likeness (QED) is 0.765. The van der Waals surface area contributed by atoms with Crippen molar-refractivity contribution in [3.8, 4) is 5.75 Å². The fourth-order valence-electron chi connectivity index (χ4n) is 1.78. The van der Waals surface area contributed by atoms with E-state index in [2.05, 4.69) is 22.4 Å². The predicted molar refractivity (Wildman–Crippen MR) is 82.9 cm³/mol. The molecule has 0 aliphatic heterocycles. The highest BCUT2D eigenvalue weighted by Gasteiger charge is 2.06. The first-order valence-corrected chi connectivity index (χ1v) is 7.24. The summed E-state index contributed by atoms with van der Waals surface area (Å²) >= 11 is 0. The third-order valence-electron chi connectivity index (χ3n) is 3.05. The molecule has 6 heteroatoms. The van der Waals surface area contributed by atoms with Crippen LogP contribution in [0.25, 0.3) is 0 Å². The Morgan fingerprint density at radius 2 is 2.00 bits per heavy atom. The molecule has 0 radical (unpaired) electrons. The number of nitrogens with one attached hydrogen (secondary N) is 2. The number of carbonyl (C=O) groups excluding carboxylic acids is 1. The Morgan fingerprint density at radius 3 is 2.64 bits per heavy atom. The van der Waals surface area contributed by atoms with Gasteiger partial charge in [0, 0.05) is 12.6 Å². The number of carbonyl (C=O) groups is 1. The molecule has 2 N–H and O–H groups in total. The maximum atomic E-state index is 11.9. The average molecular weight is 301 g/mol. The fraction of sp³-hybridized carbons (Fsp3) is 0.312. The van der Waals surface area contributed by atoms with Gasteiger partial charge in [-0.05, 0) is 30.2 Å². The summed E-state index contributed by atoms with van der Waals surface area (Å²) in [6.45, 7) is 3.21. The standard InChI is InChI=1S/C16H19N3O3/c1-2-3-10-22-13-6-4-12(5-7-13)11-17-16(21)14-8-9-15(20)19-18-14/h4-9H,2-3,10-11H2,1H3,(H,17,21)(H,19,20). The number of aromatic amines is 1. The average Bonchev–Trinajstić information content (AvgIpc) is 2.55. The van der Waals surface area contributed by atoms with Gasteiger partial charge in [-0.1, -0.05) is 25.5 Å². The highest BCUT2D eigenvalue weighted by molar-refractivity contribution is 5.91. The van der Waals surface area contributed by atoms with Gasteiger partial charge < -0.3 is 10.1 Å². The molecular weight excluding hydrogens is 282 g/mol. The first-order chi connectivity index (χ1) is 10.7. The molecule has 0 saturated heterocycles. The lowest BCUT2D eigenvalue weighted by Gasteiger charge is -2.07. The second kappa shape index (κ2) is 7.97. The summed E-state index contributed by atoms with van der Waals surface area (Å²) in [6.07, 6.45) is 2.13. The number of hydrogen-bond donors (Lipinski definition) is 2. The van der Waals surface area contributed by atoms with E-state index in [1.807, 2.05) is 24.3 Å². The Labute approximate surface area is 128 Å². The summed E-state index contributed by atoms with van der Waals surface area (Å²) in [6, 6.07) is 10.2. The van der Waals surface area contributed by atoms with Gasteiger partial charge in [-0.25, -0.2) is 5.10 Å². The molecule has 116 valence electrons. The van der Waals surface area contributed by atoms with Gasteiger partial charge >= 0.3 is 0 Å². The van der Waals surface area contributed by atoms with Crippen LogP contribution in [0.2, 0.25) is 0 Å². The monoisotopic (exact) mass is 301 g/mol. The Balaban J connectivity index is 1.84. The van der Waals surface area contributed by atoms with Gasteiger partial charge in [0.25, 0.3) is 11.5 Å². The van der Waals surface area contributed by atoms with E-state index in [0.29, 0.717) is 13.2 Å². The number of benzene rings is 1. The summed E-state index contributed by atoms with van der Waals surface area (Å²) < 4.78 is 5.58. The molecule has 0 aliphatic carbocycles. The molecule has 0 unspecified atom stereocenters. The van der Waals surface area contributed by atoms with Crippen molar-refractivity contribution < 1.29 is 9.53 Å². The summed E-state index contributed by atoms with van der Waals surface area (Å²) in [5.41, 5.74) is 0.801. The molecule has 22 heavy (non-hydrogen) atoms. The van der Waals surface area contributed by atoms with E-state index in [-0.39, 0.29) is 17.2 Å². The molecule has 2 rings (SSSR count). The molecule has 0 atom stereocenters. The zero-order valence-corrected chi connectivity index (χ0v) is 12.5. The Hall–Kier alpha value is -2.63. The van der Waals surface area contributed by atoms with E-state index in [1.54, 1.807) is 0 Å². The Kier molecular flexibility index (Phi) is 5.71. The molecule has 0 spiro atoms. The first kappa shape index (κ1) is 15.8. The summed E-state index contributed by atoms with van der Waals surface area (Å²) in [5, 5.41) is 8.65. The maximum absolute atomic E-state index is 11.9. The topological polar surface area (TPSA) is 84.1 Å². The Morgan fingerprint density at radius 1 is 1.23 bits per heavy atom. The maximum Gasteiger partial charge on any atom is 0.271 e. The first-order valence-electron chi connectivity index (χ1n) is 7.24. The molecule has 1 aromatic heterocycles. The van der Waals surface area contributed by atoms with Gasteiger partial charge in [0.2, 0.25) is 0 Å². The van der Waals surface area contributed by atoms with Crippen molar-refractivity contribution in [1.29, 1.82) is 0 Å². The number of amides is 1. The number of ether oxygens (including phenoxy) is 1.